The van der Waals surface area contributed by atoms with Gasteiger partial charge in [0.05, 0.1) is 12.8 Å². The summed E-state index contributed by atoms with van der Waals surface area (Å²) in [4.78, 5) is 18.2. The highest BCUT2D eigenvalue weighted by molar-refractivity contribution is 6.72. The molecule has 1 amide bonds. The molecule has 2 aromatic carbocycles. The van der Waals surface area contributed by atoms with Gasteiger partial charge in [-0.2, -0.15) is 0 Å². The van der Waals surface area contributed by atoms with Gasteiger partial charge in [0.1, 0.15) is 17.4 Å². The van der Waals surface area contributed by atoms with Crippen LogP contribution in [0.2, 0.25) is 18.6 Å². The maximum absolute atomic E-state index is 15.3. The van der Waals surface area contributed by atoms with E-state index in [1.165, 1.54) is 0 Å². The van der Waals surface area contributed by atoms with Crippen LogP contribution in [0.4, 0.5) is 15.5 Å². The van der Waals surface area contributed by atoms with Gasteiger partial charge in [0, 0.05) is 42.1 Å². The number of methoxy groups -OCH3 is 1. The standard InChI is InChI=1S/C29H40FN3O4Si/c1-20-26(36-2)23-18-22(10-11-24(23)37-27(20)25(12-17-34)38(3,4)30)32-19-33(21-8-6-5-7-9-21)29(28(32)35)13-15-31-16-14-29/h5-11,18,20,25-27,31,34H,12-17,19H2,1-4H3/t20-,25?,26-,27-/m1/s1. The summed E-state index contributed by atoms with van der Waals surface area (Å²) in [6.07, 6.45) is 1.16. The Hall–Kier alpha value is -2.46. The average molecular weight is 542 g/mol. The lowest BCUT2D eigenvalue weighted by Crippen LogP contribution is -2.55. The second-order valence-electron chi connectivity index (χ2n) is 11.4. The van der Waals surface area contributed by atoms with E-state index in [-0.39, 0.29) is 30.1 Å². The van der Waals surface area contributed by atoms with Crippen LogP contribution in [0.1, 0.15) is 37.9 Å². The molecule has 2 aromatic rings. The van der Waals surface area contributed by atoms with Gasteiger partial charge in [0.25, 0.3) is 5.91 Å². The van der Waals surface area contributed by atoms with E-state index in [1.807, 2.05) is 48.2 Å². The summed E-state index contributed by atoms with van der Waals surface area (Å²) in [5.74, 6) is 0.660. The number of carbonyl (C=O) groups excluding carboxylic acids is 1. The number of halogens is 1. The minimum absolute atomic E-state index is 0.0761. The lowest BCUT2D eigenvalue weighted by Gasteiger charge is -2.43. The van der Waals surface area contributed by atoms with Crippen molar-refractivity contribution >= 4 is 25.7 Å². The number of para-hydroxylation sites is 1. The van der Waals surface area contributed by atoms with Gasteiger partial charge in [-0.15, -0.1) is 0 Å². The van der Waals surface area contributed by atoms with Crippen molar-refractivity contribution in [3.63, 3.8) is 0 Å². The number of nitrogens with zero attached hydrogens (tertiary/aromatic N) is 2. The Balaban J connectivity index is 1.49. The Morgan fingerprint density at radius 2 is 1.89 bits per heavy atom. The number of hydrogen-bond acceptors (Lipinski definition) is 6. The molecule has 2 fully saturated rings. The summed E-state index contributed by atoms with van der Waals surface area (Å²) in [6, 6.07) is 16.0. The number of aliphatic hydroxyl groups excluding tert-OH is 1. The van der Waals surface area contributed by atoms with E-state index in [0.29, 0.717) is 18.8 Å². The van der Waals surface area contributed by atoms with Crippen LogP contribution in [-0.2, 0) is 9.53 Å². The van der Waals surface area contributed by atoms with Crippen LogP contribution in [0.5, 0.6) is 5.75 Å². The predicted octanol–water partition coefficient (Wildman–Crippen LogP) is 4.63. The quantitative estimate of drug-likeness (QED) is 0.393. The van der Waals surface area contributed by atoms with Crippen LogP contribution < -0.4 is 19.9 Å². The fourth-order valence-corrected chi connectivity index (χ4v) is 8.71. The summed E-state index contributed by atoms with van der Waals surface area (Å²) in [6.45, 7) is 7.38. The van der Waals surface area contributed by atoms with E-state index in [1.54, 1.807) is 20.2 Å². The zero-order valence-corrected chi connectivity index (χ0v) is 23.8. The number of ether oxygens (including phenoxy) is 2. The molecule has 0 bridgehead atoms. The molecule has 0 aromatic heterocycles. The van der Waals surface area contributed by atoms with Gasteiger partial charge in [-0.1, -0.05) is 25.1 Å². The van der Waals surface area contributed by atoms with Crippen molar-refractivity contribution in [1.82, 2.24) is 5.32 Å². The summed E-state index contributed by atoms with van der Waals surface area (Å²) in [7, 11) is -1.44. The lowest BCUT2D eigenvalue weighted by atomic mass is 9.85. The smallest absolute Gasteiger partial charge is 0.254 e. The van der Waals surface area contributed by atoms with Crippen molar-refractivity contribution in [2.75, 3.05) is 43.3 Å². The van der Waals surface area contributed by atoms with Crippen LogP contribution in [0, 0.1) is 5.92 Å². The topological polar surface area (TPSA) is 74.3 Å². The van der Waals surface area contributed by atoms with Gasteiger partial charge in [0.15, 0.2) is 0 Å². The third-order valence-corrected chi connectivity index (χ3v) is 11.2. The van der Waals surface area contributed by atoms with Crippen molar-refractivity contribution in [2.24, 2.45) is 5.92 Å². The fourth-order valence-electron chi connectivity index (χ4n) is 6.74. The molecular weight excluding hydrogens is 501 g/mol. The molecule has 206 valence electrons. The van der Waals surface area contributed by atoms with E-state index >= 15 is 4.11 Å². The molecule has 4 atom stereocenters. The zero-order valence-electron chi connectivity index (χ0n) is 22.8. The van der Waals surface area contributed by atoms with Gasteiger partial charge in [-0.05, 0) is 75.8 Å². The average Bonchev–Trinajstić information content (AvgIpc) is 3.18. The molecule has 3 heterocycles. The van der Waals surface area contributed by atoms with Crippen molar-refractivity contribution in [3.05, 3.63) is 54.1 Å². The van der Waals surface area contributed by atoms with Crippen molar-refractivity contribution in [2.45, 2.75) is 62.6 Å². The molecule has 1 spiro atoms. The van der Waals surface area contributed by atoms with Gasteiger partial charge >= 0.3 is 0 Å². The first kappa shape index (κ1) is 27.1. The molecule has 5 rings (SSSR count). The minimum Gasteiger partial charge on any atom is -0.490 e. The van der Waals surface area contributed by atoms with Crippen molar-refractivity contribution in [1.29, 1.82) is 0 Å². The molecule has 3 aliphatic rings. The Morgan fingerprint density at radius 3 is 2.53 bits per heavy atom. The maximum Gasteiger partial charge on any atom is 0.254 e. The first-order valence-corrected chi connectivity index (χ1v) is 16.7. The Morgan fingerprint density at radius 1 is 1.18 bits per heavy atom. The van der Waals surface area contributed by atoms with Gasteiger partial charge < -0.3 is 28.9 Å². The number of amides is 1. The van der Waals surface area contributed by atoms with E-state index in [9.17, 15) is 9.90 Å². The van der Waals surface area contributed by atoms with Crippen molar-refractivity contribution in [3.8, 4) is 5.75 Å². The third-order valence-electron chi connectivity index (χ3n) is 8.78. The molecular formula is C29H40FN3O4Si. The molecule has 38 heavy (non-hydrogen) atoms. The van der Waals surface area contributed by atoms with Gasteiger partial charge in [0.2, 0.25) is 8.41 Å². The highest BCUT2D eigenvalue weighted by atomic mass is 28.4. The number of nitrogens with one attached hydrogen (secondary N) is 1. The predicted molar refractivity (Wildman–Crippen MR) is 150 cm³/mol. The first-order valence-electron chi connectivity index (χ1n) is 13.7. The van der Waals surface area contributed by atoms with Crippen LogP contribution >= 0.6 is 0 Å². The molecule has 2 saturated heterocycles. The second-order valence-corrected chi connectivity index (χ2v) is 15.3. The van der Waals surface area contributed by atoms with E-state index < -0.39 is 20.1 Å². The number of aliphatic hydroxyl groups is 1. The Bertz CT molecular complexity index is 1140. The number of rotatable bonds is 7. The number of hydrogen-bond donors (Lipinski definition) is 2. The highest BCUT2D eigenvalue weighted by Gasteiger charge is 2.53. The SMILES string of the molecule is CO[C@H]1c2cc(N3CN(c4ccccc4)C4(CCNCC4)C3=O)ccc2O[C@@H](C(CCO)[Si](C)(C)F)[C@@H]1C. The molecule has 0 aliphatic carbocycles. The monoisotopic (exact) mass is 541 g/mol. The maximum atomic E-state index is 15.3. The van der Waals surface area contributed by atoms with Crippen molar-refractivity contribution < 1.29 is 23.5 Å². The molecule has 0 saturated carbocycles. The van der Waals surface area contributed by atoms with Gasteiger partial charge in [-0.3, -0.25) is 9.69 Å². The Kier molecular flexibility index (Phi) is 7.56. The van der Waals surface area contributed by atoms with Crippen LogP contribution in [0.3, 0.4) is 0 Å². The molecule has 1 unspecified atom stereocenters. The largest absolute Gasteiger partial charge is 0.490 e. The molecule has 0 radical (unpaired) electrons. The van der Waals surface area contributed by atoms with Crippen LogP contribution in [0.25, 0.3) is 0 Å². The van der Waals surface area contributed by atoms with Gasteiger partial charge in [-0.25, -0.2) is 0 Å². The minimum atomic E-state index is -3.11. The van der Waals surface area contributed by atoms with E-state index in [4.69, 9.17) is 9.47 Å². The summed E-state index contributed by atoms with van der Waals surface area (Å²) in [5.41, 5.74) is 1.80. The number of piperidine rings is 1. The highest BCUT2D eigenvalue weighted by Crippen LogP contribution is 2.49. The first-order chi connectivity index (χ1) is 18.2. The fraction of sp³-hybridized carbons (Fsp3) is 0.552. The van der Waals surface area contributed by atoms with E-state index in [2.05, 4.69) is 22.3 Å². The number of carbonyl (C=O) groups is 1. The third kappa shape index (κ3) is 4.63. The summed E-state index contributed by atoms with van der Waals surface area (Å²) >= 11 is 0. The normalized spacial score (nSPS) is 25.8. The number of anilines is 2. The molecule has 7 nitrogen and oxygen atoms in total. The van der Waals surface area contributed by atoms with Crippen LogP contribution in [-0.4, -0.2) is 64.5 Å². The number of fused-ring (bicyclic) bond motifs is 1. The zero-order chi connectivity index (χ0) is 27.1. The summed E-state index contributed by atoms with van der Waals surface area (Å²) in [5, 5.41) is 13.1. The molecule has 3 aliphatic heterocycles. The number of benzene rings is 2. The molecule has 2 N–H and O–H groups in total. The van der Waals surface area contributed by atoms with Crippen LogP contribution in [0.15, 0.2) is 48.5 Å². The summed E-state index contributed by atoms with van der Waals surface area (Å²) < 4.78 is 27.7. The second kappa shape index (κ2) is 10.6. The Labute approximate surface area is 226 Å². The molecule has 9 heteroatoms. The lowest BCUT2D eigenvalue weighted by molar-refractivity contribution is -0.122. The van der Waals surface area contributed by atoms with E-state index in [0.717, 1.165) is 42.9 Å².